The molecule has 0 unspecified atom stereocenters. The Morgan fingerprint density at radius 3 is 3.00 bits per heavy atom. The number of nitrogens with zero attached hydrogens (tertiary/aromatic N) is 3. The molecule has 0 aliphatic rings. The van der Waals surface area contributed by atoms with E-state index in [4.69, 9.17) is 0 Å². The van der Waals surface area contributed by atoms with Crippen LogP contribution >= 0.6 is 0 Å². The van der Waals surface area contributed by atoms with Gasteiger partial charge < -0.3 is 10.1 Å². The number of rotatable bonds is 0. The molecule has 0 saturated carbocycles. The van der Waals surface area contributed by atoms with E-state index in [1.807, 2.05) is 0 Å². The number of H-pyrrole nitrogens is 1. The smallest absolute Gasteiger partial charge is 0.278 e. The van der Waals surface area contributed by atoms with Gasteiger partial charge in [-0.2, -0.15) is 4.98 Å². The normalized spacial score (nSPS) is 10.5. The molecule has 0 aliphatic heterocycles. The van der Waals surface area contributed by atoms with Gasteiger partial charge in [0.1, 0.15) is 5.69 Å². The van der Waals surface area contributed by atoms with Gasteiger partial charge in [0.05, 0.1) is 6.33 Å². The third kappa shape index (κ3) is 1.12. The van der Waals surface area contributed by atoms with Crippen LogP contribution in [0.4, 0.5) is 0 Å². The Morgan fingerprint density at radius 2 is 2.23 bits per heavy atom. The van der Waals surface area contributed by atoms with Crippen LogP contribution in [0, 0.1) is 6.92 Å². The molecule has 2 aromatic rings. The van der Waals surface area contributed by atoms with Crippen LogP contribution < -0.4 is 5.56 Å². The van der Waals surface area contributed by atoms with Crippen LogP contribution in [-0.2, 0) is 0 Å². The predicted molar refractivity (Wildman–Crippen MR) is 44.4 cm³/mol. The van der Waals surface area contributed by atoms with Gasteiger partial charge in [0.15, 0.2) is 11.2 Å². The number of aromatic amines is 1. The summed E-state index contributed by atoms with van der Waals surface area (Å²) in [5, 5.41) is 9.18. The summed E-state index contributed by atoms with van der Waals surface area (Å²) in [7, 11) is 0. The highest BCUT2D eigenvalue weighted by molar-refractivity contribution is 5.68. The van der Waals surface area contributed by atoms with Crippen LogP contribution in [0.25, 0.3) is 11.2 Å². The molecule has 2 N–H and O–H groups in total. The van der Waals surface area contributed by atoms with Crippen molar-refractivity contribution in [1.82, 2.24) is 19.9 Å². The first-order valence-electron chi connectivity index (χ1n) is 3.59. The third-order valence-corrected chi connectivity index (χ3v) is 1.62. The molecule has 66 valence electrons. The lowest BCUT2D eigenvalue weighted by atomic mass is 10.4. The van der Waals surface area contributed by atoms with E-state index in [1.165, 1.54) is 6.33 Å². The topological polar surface area (TPSA) is 91.8 Å². The number of hydrogen-bond acceptors (Lipinski definition) is 5. The fraction of sp³-hybridized carbons (Fsp3) is 0.143. The molecule has 0 fully saturated rings. The van der Waals surface area contributed by atoms with Crippen molar-refractivity contribution in [1.29, 1.82) is 0 Å². The van der Waals surface area contributed by atoms with E-state index in [0.717, 1.165) is 0 Å². The van der Waals surface area contributed by atoms with E-state index < -0.39 is 0 Å². The highest BCUT2D eigenvalue weighted by atomic mass is 16.3. The average Bonchev–Trinajstić information content (AvgIpc) is 2.09. The summed E-state index contributed by atoms with van der Waals surface area (Å²) in [5.41, 5.74) is 0.233. The summed E-state index contributed by atoms with van der Waals surface area (Å²) in [6, 6.07) is 0. The SMILES string of the molecule is Cc1nc2c(=O)[nH]cnc2nc1O. The van der Waals surface area contributed by atoms with E-state index >= 15 is 0 Å². The number of hydrogen-bond donors (Lipinski definition) is 2. The summed E-state index contributed by atoms with van der Waals surface area (Å²) < 4.78 is 0. The Labute approximate surface area is 72.3 Å². The molecule has 13 heavy (non-hydrogen) atoms. The van der Waals surface area contributed by atoms with Crippen LogP contribution in [-0.4, -0.2) is 25.0 Å². The van der Waals surface area contributed by atoms with Crippen molar-refractivity contribution in [3.63, 3.8) is 0 Å². The molecular weight excluding hydrogens is 172 g/mol. The molecule has 0 atom stereocenters. The second kappa shape index (κ2) is 2.51. The van der Waals surface area contributed by atoms with E-state index in [2.05, 4.69) is 19.9 Å². The lowest BCUT2D eigenvalue weighted by Crippen LogP contribution is -2.09. The van der Waals surface area contributed by atoms with Gasteiger partial charge in [-0.3, -0.25) is 4.79 Å². The van der Waals surface area contributed by atoms with Gasteiger partial charge in [-0.15, -0.1) is 0 Å². The van der Waals surface area contributed by atoms with Crippen molar-refractivity contribution in [3.8, 4) is 5.88 Å². The van der Waals surface area contributed by atoms with Gasteiger partial charge in [-0.25, -0.2) is 9.97 Å². The number of fused-ring (bicyclic) bond motifs is 1. The largest absolute Gasteiger partial charge is 0.492 e. The van der Waals surface area contributed by atoms with Crippen LogP contribution in [0.1, 0.15) is 5.69 Å². The molecule has 2 heterocycles. The lowest BCUT2D eigenvalue weighted by molar-refractivity contribution is 0.447. The molecule has 0 saturated heterocycles. The van der Waals surface area contributed by atoms with E-state index in [-0.39, 0.29) is 22.6 Å². The summed E-state index contributed by atoms with van der Waals surface area (Å²) in [4.78, 5) is 24.8. The highest BCUT2D eigenvalue weighted by Gasteiger charge is 2.06. The lowest BCUT2D eigenvalue weighted by Gasteiger charge is -1.97. The fourth-order valence-corrected chi connectivity index (χ4v) is 0.965. The zero-order valence-electron chi connectivity index (χ0n) is 6.77. The predicted octanol–water partition coefficient (Wildman–Crippen LogP) is -0.273. The molecule has 6 heteroatoms. The zero-order valence-corrected chi connectivity index (χ0v) is 6.77. The molecule has 0 bridgehead atoms. The van der Waals surface area contributed by atoms with E-state index in [1.54, 1.807) is 6.92 Å². The van der Waals surface area contributed by atoms with Crippen LogP contribution in [0.15, 0.2) is 11.1 Å². The van der Waals surface area contributed by atoms with Crippen molar-refractivity contribution in [2.75, 3.05) is 0 Å². The highest BCUT2D eigenvalue weighted by Crippen LogP contribution is 2.11. The van der Waals surface area contributed by atoms with Crippen molar-refractivity contribution >= 4 is 11.2 Å². The Balaban J connectivity index is 2.97. The Bertz CT molecular complexity index is 519. The minimum atomic E-state index is -0.361. The first-order chi connectivity index (χ1) is 6.18. The molecule has 0 aromatic carbocycles. The van der Waals surface area contributed by atoms with Crippen LogP contribution in [0.2, 0.25) is 0 Å². The average molecular weight is 178 g/mol. The molecule has 2 aromatic heterocycles. The fourth-order valence-electron chi connectivity index (χ4n) is 0.965. The third-order valence-electron chi connectivity index (χ3n) is 1.62. The summed E-state index contributed by atoms with van der Waals surface area (Å²) in [6.07, 6.45) is 1.22. The maximum absolute atomic E-state index is 11.2. The van der Waals surface area contributed by atoms with Crippen molar-refractivity contribution in [2.45, 2.75) is 6.92 Å². The molecule has 2 rings (SSSR count). The zero-order chi connectivity index (χ0) is 9.42. The van der Waals surface area contributed by atoms with Crippen LogP contribution in [0.5, 0.6) is 5.88 Å². The van der Waals surface area contributed by atoms with Gasteiger partial charge in [0.25, 0.3) is 5.56 Å². The summed E-state index contributed by atoms with van der Waals surface area (Å²) in [6.45, 7) is 1.56. The maximum Gasteiger partial charge on any atom is 0.278 e. The standard InChI is InChI=1S/C7H6N4O2/c1-3-6(12)11-5-4(10-3)7(13)9-2-8-5/h2H,1H3,(H2,8,9,11,12,13). The molecule has 0 spiro atoms. The van der Waals surface area contributed by atoms with E-state index in [0.29, 0.717) is 5.69 Å². The van der Waals surface area contributed by atoms with Crippen LogP contribution in [0.3, 0.4) is 0 Å². The number of aromatic nitrogens is 4. The minimum absolute atomic E-state index is 0.137. The van der Waals surface area contributed by atoms with Gasteiger partial charge in [0.2, 0.25) is 5.88 Å². The minimum Gasteiger partial charge on any atom is -0.492 e. The van der Waals surface area contributed by atoms with Gasteiger partial charge in [-0.05, 0) is 6.92 Å². The quantitative estimate of drug-likeness (QED) is 0.579. The molecule has 6 nitrogen and oxygen atoms in total. The first-order valence-corrected chi connectivity index (χ1v) is 3.59. The number of aromatic hydroxyl groups is 1. The Morgan fingerprint density at radius 1 is 1.46 bits per heavy atom. The molecule has 0 radical (unpaired) electrons. The number of nitrogens with one attached hydrogen (secondary N) is 1. The summed E-state index contributed by atoms with van der Waals surface area (Å²) >= 11 is 0. The molecular formula is C7H6N4O2. The van der Waals surface area contributed by atoms with Crippen molar-refractivity contribution in [2.24, 2.45) is 0 Å². The Hall–Kier alpha value is -1.98. The monoisotopic (exact) mass is 178 g/mol. The first kappa shape index (κ1) is 7.66. The molecule has 0 aliphatic carbocycles. The van der Waals surface area contributed by atoms with E-state index in [9.17, 15) is 9.90 Å². The van der Waals surface area contributed by atoms with Crippen molar-refractivity contribution in [3.05, 3.63) is 22.4 Å². The number of aryl methyl sites for hydroxylation is 1. The second-order valence-electron chi connectivity index (χ2n) is 2.54. The van der Waals surface area contributed by atoms with Gasteiger partial charge in [-0.1, -0.05) is 0 Å². The Kier molecular flexibility index (Phi) is 1.48. The van der Waals surface area contributed by atoms with Crippen molar-refractivity contribution < 1.29 is 5.11 Å². The maximum atomic E-state index is 11.2. The molecule has 0 amide bonds. The second-order valence-corrected chi connectivity index (χ2v) is 2.54. The van der Waals surface area contributed by atoms with Gasteiger partial charge in [0, 0.05) is 0 Å². The summed E-state index contributed by atoms with van der Waals surface area (Å²) in [5.74, 6) is -0.203. The van der Waals surface area contributed by atoms with Gasteiger partial charge >= 0.3 is 0 Å².